The third-order valence-corrected chi connectivity index (χ3v) is 3.53. The second-order valence-electron chi connectivity index (χ2n) is 3.53. The molecule has 0 amide bonds. The Kier molecular flexibility index (Phi) is 4.98. The average Bonchev–Trinajstić information content (AvgIpc) is 2.26. The highest BCUT2D eigenvalue weighted by Crippen LogP contribution is 2.18. The standard InChI is InChI=1S/C11H18N2S/c1-3-9(2)10(12)8-14-11-6-4-5-7-13-11/h4-7,9-10H,3,8,12H2,1-2H3/t9-,10-/m0/s1. The predicted octanol–water partition coefficient (Wildman–Crippen LogP) is 2.55. The van der Waals surface area contributed by atoms with E-state index in [1.807, 2.05) is 24.4 Å². The Morgan fingerprint density at radius 1 is 1.50 bits per heavy atom. The molecule has 1 heterocycles. The van der Waals surface area contributed by atoms with E-state index in [1.165, 1.54) is 0 Å². The second kappa shape index (κ2) is 6.04. The van der Waals surface area contributed by atoms with Crippen molar-refractivity contribution in [1.82, 2.24) is 4.98 Å². The third kappa shape index (κ3) is 3.68. The van der Waals surface area contributed by atoms with Gasteiger partial charge in [0, 0.05) is 18.0 Å². The Hall–Kier alpha value is -0.540. The maximum Gasteiger partial charge on any atom is 0.0960 e. The molecule has 1 rings (SSSR count). The van der Waals surface area contributed by atoms with E-state index in [4.69, 9.17) is 5.73 Å². The van der Waals surface area contributed by atoms with Crippen LogP contribution < -0.4 is 5.73 Å². The van der Waals surface area contributed by atoms with Gasteiger partial charge in [0.05, 0.1) is 5.03 Å². The number of nitrogens with two attached hydrogens (primary N) is 1. The number of rotatable bonds is 5. The molecule has 0 saturated carbocycles. The number of nitrogens with zero attached hydrogens (tertiary/aromatic N) is 1. The first kappa shape index (κ1) is 11.5. The summed E-state index contributed by atoms with van der Waals surface area (Å²) in [6.45, 7) is 4.37. The highest BCUT2D eigenvalue weighted by Gasteiger charge is 2.10. The maximum atomic E-state index is 6.03. The van der Waals surface area contributed by atoms with E-state index in [9.17, 15) is 0 Å². The molecule has 0 saturated heterocycles. The first-order valence-corrected chi connectivity index (χ1v) is 6.02. The SMILES string of the molecule is CC[C@H](C)[C@@H](N)CSc1ccccn1. The minimum Gasteiger partial charge on any atom is -0.327 e. The molecule has 78 valence electrons. The highest BCUT2D eigenvalue weighted by molar-refractivity contribution is 7.99. The Labute approximate surface area is 90.3 Å². The summed E-state index contributed by atoms with van der Waals surface area (Å²) in [4.78, 5) is 4.24. The Bertz CT molecular complexity index is 251. The van der Waals surface area contributed by atoms with Gasteiger partial charge in [-0.15, -0.1) is 11.8 Å². The van der Waals surface area contributed by atoms with E-state index in [1.54, 1.807) is 11.8 Å². The number of aromatic nitrogens is 1. The molecule has 0 aliphatic heterocycles. The van der Waals surface area contributed by atoms with E-state index in [0.29, 0.717) is 5.92 Å². The summed E-state index contributed by atoms with van der Waals surface area (Å²) in [5, 5.41) is 1.06. The molecule has 0 radical (unpaired) electrons. The van der Waals surface area contributed by atoms with Gasteiger partial charge in [-0.3, -0.25) is 0 Å². The molecule has 0 aliphatic rings. The fourth-order valence-electron chi connectivity index (χ4n) is 1.08. The van der Waals surface area contributed by atoms with Crippen LogP contribution in [0.15, 0.2) is 29.4 Å². The van der Waals surface area contributed by atoms with Crippen LogP contribution in [0, 0.1) is 5.92 Å². The van der Waals surface area contributed by atoms with Crippen molar-refractivity contribution in [2.24, 2.45) is 11.7 Å². The quantitative estimate of drug-likeness (QED) is 0.759. The lowest BCUT2D eigenvalue weighted by Gasteiger charge is -2.17. The van der Waals surface area contributed by atoms with Crippen LogP contribution in [0.25, 0.3) is 0 Å². The summed E-state index contributed by atoms with van der Waals surface area (Å²) in [7, 11) is 0. The van der Waals surface area contributed by atoms with Crippen molar-refractivity contribution in [1.29, 1.82) is 0 Å². The van der Waals surface area contributed by atoms with Crippen molar-refractivity contribution in [3.05, 3.63) is 24.4 Å². The zero-order valence-electron chi connectivity index (χ0n) is 8.81. The normalized spacial score (nSPS) is 15.1. The first-order chi connectivity index (χ1) is 6.74. The van der Waals surface area contributed by atoms with Gasteiger partial charge >= 0.3 is 0 Å². The molecule has 3 heteroatoms. The lowest BCUT2D eigenvalue weighted by Crippen LogP contribution is -2.30. The van der Waals surface area contributed by atoms with Gasteiger partial charge in [-0.1, -0.05) is 26.3 Å². The summed E-state index contributed by atoms with van der Waals surface area (Å²) in [5.41, 5.74) is 6.03. The zero-order chi connectivity index (χ0) is 10.4. The van der Waals surface area contributed by atoms with E-state index in [0.717, 1.165) is 17.2 Å². The molecule has 0 fully saturated rings. The van der Waals surface area contributed by atoms with Gasteiger partial charge in [-0.05, 0) is 18.1 Å². The monoisotopic (exact) mass is 210 g/mol. The lowest BCUT2D eigenvalue weighted by molar-refractivity contribution is 0.475. The molecule has 2 nitrogen and oxygen atoms in total. The first-order valence-electron chi connectivity index (χ1n) is 5.03. The van der Waals surface area contributed by atoms with Crippen molar-refractivity contribution in [2.75, 3.05) is 5.75 Å². The summed E-state index contributed by atoms with van der Waals surface area (Å²) < 4.78 is 0. The largest absolute Gasteiger partial charge is 0.327 e. The van der Waals surface area contributed by atoms with Gasteiger partial charge < -0.3 is 5.73 Å². The third-order valence-electron chi connectivity index (χ3n) is 2.44. The van der Waals surface area contributed by atoms with Crippen LogP contribution in [0.1, 0.15) is 20.3 Å². The molecule has 0 spiro atoms. The average molecular weight is 210 g/mol. The minimum atomic E-state index is 0.270. The predicted molar refractivity (Wildman–Crippen MR) is 62.4 cm³/mol. The molecule has 14 heavy (non-hydrogen) atoms. The van der Waals surface area contributed by atoms with Gasteiger partial charge in [0.25, 0.3) is 0 Å². The van der Waals surface area contributed by atoms with Gasteiger partial charge in [-0.25, -0.2) is 4.98 Å². The van der Waals surface area contributed by atoms with Crippen molar-refractivity contribution in [3.63, 3.8) is 0 Å². The highest BCUT2D eigenvalue weighted by atomic mass is 32.2. The van der Waals surface area contributed by atoms with E-state index < -0.39 is 0 Å². The van der Waals surface area contributed by atoms with Crippen LogP contribution in [-0.2, 0) is 0 Å². The van der Waals surface area contributed by atoms with Crippen molar-refractivity contribution in [3.8, 4) is 0 Å². The van der Waals surface area contributed by atoms with Crippen LogP contribution in [0.2, 0.25) is 0 Å². The number of hydrogen-bond donors (Lipinski definition) is 1. The molecule has 0 aliphatic carbocycles. The Morgan fingerprint density at radius 2 is 2.29 bits per heavy atom. The zero-order valence-corrected chi connectivity index (χ0v) is 9.63. The summed E-state index contributed by atoms with van der Waals surface area (Å²) in [5.74, 6) is 1.54. The Balaban J connectivity index is 2.34. The van der Waals surface area contributed by atoms with Gasteiger partial charge in [0.1, 0.15) is 0 Å². The minimum absolute atomic E-state index is 0.270. The molecule has 2 N–H and O–H groups in total. The second-order valence-corrected chi connectivity index (χ2v) is 4.57. The molecule has 0 bridgehead atoms. The van der Waals surface area contributed by atoms with E-state index >= 15 is 0 Å². The van der Waals surface area contributed by atoms with E-state index in [-0.39, 0.29) is 6.04 Å². The van der Waals surface area contributed by atoms with E-state index in [2.05, 4.69) is 18.8 Å². The summed E-state index contributed by atoms with van der Waals surface area (Å²) in [6, 6.07) is 6.23. The smallest absolute Gasteiger partial charge is 0.0960 e. The summed E-state index contributed by atoms with van der Waals surface area (Å²) >= 11 is 1.74. The van der Waals surface area contributed by atoms with Crippen LogP contribution in [0.3, 0.4) is 0 Å². The fraction of sp³-hybridized carbons (Fsp3) is 0.545. The number of hydrogen-bond acceptors (Lipinski definition) is 3. The topological polar surface area (TPSA) is 38.9 Å². The van der Waals surface area contributed by atoms with Crippen molar-refractivity contribution < 1.29 is 0 Å². The van der Waals surface area contributed by atoms with Crippen LogP contribution >= 0.6 is 11.8 Å². The summed E-state index contributed by atoms with van der Waals surface area (Å²) in [6.07, 6.45) is 2.96. The van der Waals surface area contributed by atoms with Crippen LogP contribution in [-0.4, -0.2) is 16.8 Å². The fourth-order valence-corrected chi connectivity index (χ4v) is 2.08. The van der Waals surface area contributed by atoms with Gasteiger partial charge in [-0.2, -0.15) is 0 Å². The van der Waals surface area contributed by atoms with Crippen LogP contribution in [0.4, 0.5) is 0 Å². The lowest BCUT2D eigenvalue weighted by atomic mass is 10.0. The molecule has 1 aromatic rings. The number of thioether (sulfide) groups is 1. The molecule has 2 atom stereocenters. The Morgan fingerprint density at radius 3 is 2.86 bits per heavy atom. The van der Waals surface area contributed by atoms with Gasteiger partial charge in [0.15, 0.2) is 0 Å². The molecule has 0 unspecified atom stereocenters. The van der Waals surface area contributed by atoms with Crippen molar-refractivity contribution >= 4 is 11.8 Å². The molecular weight excluding hydrogens is 192 g/mol. The van der Waals surface area contributed by atoms with Crippen molar-refractivity contribution in [2.45, 2.75) is 31.3 Å². The molecular formula is C11H18N2S. The maximum absolute atomic E-state index is 6.03. The van der Waals surface area contributed by atoms with Gasteiger partial charge in [0.2, 0.25) is 0 Å². The molecule has 1 aromatic heterocycles. The number of pyridine rings is 1. The van der Waals surface area contributed by atoms with Crippen LogP contribution in [0.5, 0.6) is 0 Å². The molecule has 0 aromatic carbocycles.